The molecule has 6 heterocycles. The van der Waals surface area contributed by atoms with E-state index in [1.165, 1.54) is 24.6 Å². The highest BCUT2D eigenvalue weighted by atomic mass is 19.1. The number of anilines is 2. The van der Waals surface area contributed by atoms with Gasteiger partial charge in [0.05, 0.1) is 11.7 Å². The average Bonchev–Trinajstić information content (AvgIpc) is 3.37. The van der Waals surface area contributed by atoms with Crippen molar-refractivity contribution in [2.75, 3.05) is 25.0 Å². The second kappa shape index (κ2) is 9.91. The molecule has 0 radical (unpaired) electrons. The topological polar surface area (TPSA) is 87.9 Å². The highest BCUT2D eigenvalue weighted by Crippen LogP contribution is 2.31. The normalized spacial score (nSPS) is 20.2. The van der Waals surface area contributed by atoms with Crippen LogP contribution >= 0.6 is 0 Å². The monoisotopic (exact) mass is 529 g/mol. The van der Waals surface area contributed by atoms with Crippen molar-refractivity contribution in [1.29, 1.82) is 0 Å². The SMILES string of the molecule is CCN1C2CCC1CN(Cc1ccc(Nc3ncc(F)c(-c4cnc5nc(C)n(C(C)(C)C)c5c4)n3)nc1)C2. The van der Waals surface area contributed by atoms with Crippen molar-refractivity contribution < 1.29 is 4.39 Å². The van der Waals surface area contributed by atoms with Crippen LogP contribution in [-0.4, -0.2) is 71.0 Å². The van der Waals surface area contributed by atoms with Gasteiger partial charge in [-0.05, 0) is 64.8 Å². The summed E-state index contributed by atoms with van der Waals surface area (Å²) in [7, 11) is 0. The molecule has 2 aliphatic rings. The first kappa shape index (κ1) is 25.8. The van der Waals surface area contributed by atoms with Gasteiger partial charge in [0.1, 0.15) is 17.3 Å². The molecular formula is C29H36FN9. The van der Waals surface area contributed by atoms with Crippen LogP contribution in [0.5, 0.6) is 0 Å². The van der Waals surface area contributed by atoms with Crippen LogP contribution in [0.3, 0.4) is 0 Å². The molecule has 0 saturated carbocycles. The predicted molar refractivity (Wildman–Crippen MR) is 150 cm³/mol. The molecule has 4 aromatic rings. The van der Waals surface area contributed by atoms with Crippen LogP contribution < -0.4 is 5.32 Å². The zero-order valence-corrected chi connectivity index (χ0v) is 23.3. The summed E-state index contributed by atoms with van der Waals surface area (Å²) in [5.41, 5.74) is 3.19. The summed E-state index contributed by atoms with van der Waals surface area (Å²) in [5, 5.41) is 3.13. The van der Waals surface area contributed by atoms with Gasteiger partial charge >= 0.3 is 0 Å². The lowest BCUT2D eigenvalue weighted by molar-refractivity contribution is 0.0669. The quantitative estimate of drug-likeness (QED) is 0.378. The smallest absolute Gasteiger partial charge is 0.229 e. The van der Waals surface area contributed by atoms with Crippen molar-refractivity contribution in [3.63, 3.8) is 0 Å². The summed E-state index contributed by atoms with van der Waals surface area (Å²) in [6, 6.07) is 7.27. The van der Waals surface area contributed by atoms with E-state index in [0.717, 1.165) is 37.5 Å². The number of piperazine rings is 1. The summed E-state index contributed by atoms with van der Waals surface area (Å²) in [6.07, 6.45) is 7.30. The number of aromatic nitrogens is 6. The van der Waals surface area contributed by atoms with E-state index in [1.807, 2.05) is 25.3 Å². The molecule has 2 bridgehead atoms. The van der Waals surface area contributed by atoms with Gasteiger partial charge in [0.2, 0.25) is 5.95 Å². The maximum absolute atomic E-state index is 14.9. The number of pyridine rings is 2. The Hall–Kier alpha value is -3.50. The molecule has 2 unspecified atom stereocenters. The van der Waals surface area contributed by atoms with Gasteiger partial charge in [-0.3, -0.25) is 9.80 Å². The van der Waals surface area contributed by atoms with Gasteiger partial charge in [0.15, 0.2) is 11.5 Å². The maximum Gasteiger partial charge on any atom is 0.229 e. The number of nitrogens with zero attached hydrogens (tertiary/aromatic N) is 8. The van der Waals surface area contributed by atoms with E-state index in [1.54, 1.807) is 6.20 Å². The first-order valence-electron chi connectivity index (χ1n) is 13.8. The molecule has 204 valence electrons. The standard InChI is InChI=1S/C29H36FN9/c1-6-38-21-8-9-22(38)17-37(16-21)15-19-7-10-25(31-12-19)35-28-33-14-23(30)26(36-28)20-11-24-27(32-13-20)34-18(2)39(24)29(3,4)5/h7,10-14,21-22H,6,8-9,15-17H2,1-5H3,(H,31,33,35,36). The lowest BCUT2D eigenvalue weighted by atomic mass is 10.1. The molecule has 6 rings (SSSR count). The van der Waals surface area contributed by atoms with E-state index >= 15 is 0 Å². The molecule has 0 amide bonds. The Balaban J connectivity index is 1.18. The molecule has 9 nitrogen and oxygen atoms in total. The molecule has 0 aromatic carbocycles. The lowest BCUT2D eigenvalue weighted by Crippen LogP contribution is -2.53. The Morgan fingerprint density at radius 2 is 1.77 bits per heavy atom. The van der Waals surface area contributed by atoms with Crippen LogP contribution in [0.4, 0.5) is 16.2 Å². The highest BCUT2D eigenvalue weighted by Gasteiger charge is 2.38. The lowest BCUT2D eigenvalue weighted by Gasteiger charge is -2.40. The first-order chi connectivity index (χ1) is 18.7. The molecule has 0 aliphatic carbocycles. The van der Waals surface area contributed by atoms with Crippen molar-refractivity contribution >= 4 is 22.9 Å². The molecule has 2 aliphatic heterocycles. The van der Waals surface area contributed by atoms with Gasteiger partial charge < -0.3 is 9.88 Å². The van der Waals surface area contributed by atoms with Gasteiger partial charge in [0.25, 0.3) is 0 Å². The van der Waals surface area contributed by atoms with E-state index in [-0.39, 0.29) is 17.2 Å². The van der Waals surface area contributed by atoms with E-state index in [9.17, 15) is 4.39 Å². The fourth-order valence-electron chi connectivity index (χ4n) is 6.37. The molecule has 0 spiro atoms. The van der Waals surface area contributed by atoms with Crippen LogP contribution in [0.1, 0.15) is 51.9 Å². The molecule has 1 N–H and O–H groups in total. The summed E-state index contributed by atoms with van der Waals surface area (Å²) >= 11 is 0. The largest absolute Gasteiger partial charge is 0.321 e. The van der Waals surface area contributed by atoms with Gasteiger partial charge in [-0.2, -0.15) is 0 Å². The van der Waals surface area contributed by atoms with Crippen LogP contribution in [0, 0.1) is 12.7 Å². The van der Waals surface area contributed by atoms with Gasteiger partial charge in [-0.1, -0.05) is 13.0 Å². The van der Waals surface area contributed by atoms with E-state index in [4.69, 9.17) is 0 Å². The second-order valence-electron chi connectivity index (χ2n) is 11.7. The Kier molecular flexibility index (Phi) is 6.55. The summed E-state index contributed by atoms with van der Waals surface area (Å²) in [5.74, 6) is 1.24. The van der Waals surface area contributed by atoms with Crippen molar-refractivity contribution in [3.05, 3.63) is 54.0 Å². The third-order valence-electron chi connectivity index (χ3n) is 7.91. The molecule has 39 heavy (non-hydrogen) atoms. The number of fused-ring (bicyclic) bond motifs is 3. The number of likely N-dealkylation sites (N-methyl/N-ethyl adjacent to an activating group) is 1. The van der Waals surface area contributed by atoms with E-state index in [2.05, 4.69) is 78.4 Å². The number of hydrogen-bond donors (Lipinski definition) is 1. The van der Waals surface area contributed by atoms with Crippen molar-refractivity contribution in [3.8, 4) is 11.3 Å². The van der Waals surface area contributed by atoms with Crippen LogP contribution in [0.25, 0.3) is 22.4 Å². The third-order valence-corrected chi connectivity index (χ3v) is 7.91. The number of likely N-dealkylation sites (tertiary alicyclic amines) is 1. The summed E-state index contributed by atoms with van der Waals surface area (Å²) in [6.45, 7) is 14.8. The summed E-state index contributed by atoms with van der Waals surface area (Å²) in [4.78, 5) is 27.5. The number of rotatable bonds is 6. The Morgan fingerprint density at radius 3 is 2.44 bits per heavy atom. The van der Waals surface area contributed by atoms with Crippen molar-refractivity contribution in [1.82, 2.24) is 39.3 Å². The number of hydrogen-bond acceptors (Lipinski definition) is 8. The molecule has 2 atom stereocenters. The Morgan fingerprint density at radius 1 is 1.00 bits per heavy atom. The van der Waals surface area contributed by atoms with E-state index in [0.29, 0.717) is 29.1 Å². The number of aryl methyl sites for hydroxylation is 1. The van der Waals surface area contributed by atoms with E-state index < -0.39 is 5.82 Å². The zero-order valence-electron chi connectivity index (χ0n) is 23.3. The fraction of sp³-hybridized carbons (Fsp3) is 0.483. The van der Waals surface area contributed by atoms with Crippen molar-refractivity contribution in [2.24, 2.45) is 0 Å². The molecule has 2 saturated heterocycles. The maximum atomic E-state index is 14.9. The molecule has 2 fully saturated rings. The summed E-state index contributed by atoms with van der Waals surface area (Å²) < 4.78 is 17.0. The first-order valence-corrected chi connectivity index (χ1v) is 13.8. The second-order valence-corrected chi connectivity index (χ2v) is 11.7. The molecule has 10 heteroatoms. The Bertz CT molecular complexity index is 1480. The van der Waals surface area contributed by atoms with Crippen LogP contribution in [0.2, 0.25) is 0 Å². The van der Waals surface area contributed by atoms with Gasteiger partial charge in [0, 0.05) is 55.2 Å². The van der Waals surface area contributed by atoms with Crippen LogP contribution in [-0.2, 0) is 12.1 Å². The van der Waals surface area contributed by atoms with Gasteiger partial charge in [-0.25, -0.2) is 29.3 Å². The number of nitrogens with one attached hydrogen (secondary N) is 1. The van der Waals surface area contributed by atoms with Crippen LogP contribution in [0.15, 0.2) is 36.8 Å². The average molecular weight is 530 g/mol. The minimum absolute atomic E-state index is 0.179. The third kappa shape index (κ3) is 4.98. The Labute approximate surface area is 228 Å². The minimum atomic E-state index is -0.513. The predicted octanol–water partition coefficient (Wildman–Crippen LogP) is 4.90. The fourth-order valence-corrected chi connectivity index (χ4v) is 6.37. The minimum Gasteiger partial charge on any atom is -0.321 e. The van der Waals surface area contributed by atoms with Gasteiger partial charge in [-0.15, -0.1) is 0 Å². The number of imidazole rings is 1. The zero-order chi connectivity index (χ0) is 27.3. The molecule has 4 aromatic heterocycles. The van der Waals surface area contributed by atoms with Crippen molar-refractivity contribution in [2.45, 2.75) is 71.6 Å². The highest BCUT2D eigenvalue weighted by molar-refractivity contribution is 5.78. The number of halogens is 1. The molecular weight excluding hydrogens is 493 g/mol.